The molecule has 0 spiro atoms. The lowest BCUT2D eigenvalue weighted by Gasteiger charge is -2.16. The van der Waals surface area contributed by atoms with Crippen molar-refractivity contribution in [3.05, 3.63) is 28.3 Å². The normalized spacial score (nSPS) is 21.3. The van der Waals surface area contributed by atoms with E-state index in [-0.39, 0.29) is 11.6 Å². The molecule has 76 valence electrons. The molecule has 0 aliphatic heterocycles. The van der Waals surface area contributed by atoms with Crippen LogP contribution in [0.25, 0.3) is 0 Å². The van der Waals surface area contributed by atoms with Crippen LogP contribution in [0.1, 0.15) is 25.0 Å². The summed E-state index contributed by atoms with van der Waals surface area (Å²) in [5, 5.41) is 9.36. The van der Waals surface area contributed by atoms with E-state index in [1.807, 2.05) is 0 Å². The van der Waals surface area contributed by atoms with E-state index >= 15 is 0 Å². The van der Waals surface area contributed by atoms with E-state index in [9.17, 15) is 9.90 Å². The number of rotatable bonds is 2. The van der Waals surface area contributed by atoms with E-state index in [2.05, 4.69) is 22.1 Å². The Hall–Kier alpha value is -1.45. The standard InChI is InChI=1S/C10H14N2O2/c13-9-8(11-10(14)12-9)6-7-4-2-1-3-5-7/h1-2,7,13H,3-6H2,(H2,11,12,14). The maximum atomic E-state index is 10.9. The van der Waals surface area contributed by atoms with Crippen LogP contribution in [0.4, 0.5) is 0 Å². The molecule has 14 heavy (non-hydrogen) atoms. The molecular formula is C10H14N2O2. The number of hydrogen-bond donors (Lipinski definition) is 3. The van der Waals surface area contributed by atoms with Gasteiger partial charge in [0.15, 0.2) is 0 Å². The Balaban J connectivity index is 2.06. The Morgan fingerprint density at radius 3 is 2.86 bits per heavy atom. The molecule has 1 atom stereocenters. The summed E-state index contributed by atoms with van der Waals surface area (Å²) in [6.07, 6.45) is 8.34. The van der Waals surface area contributed by atoms with Crippen LogP contribution in [0.5, 0.6) is 5.88 Å². The summed E-state index contributed by atoms with van der Waals surface area (Å²) < 4.78 is 0. The van der Waals surface area contributed by atoms with Crippen LogP contribution < -0.4 is 5.69 Å². The highest BCUT2D eigenvalue weighted by molar-refractivity contribution is 5.16. The molecule has 1 heterocycles. The Morgan fingerprint density at radius 1 is 1.43 bits per heavy atom. The maximum absolute atomic E-state index is 10.9. The van der Waals surface area contributed by atoms with E-state index < -0.39 is 0 Å². The second-order valence-electron chi connectivity index (χ2n) is 3.76. The molecule has 1 aromatic heterocycles. The smallest absolute Gasteiger partial charge is 0.325 e. The molecular weight excluding hydrogens is 180 g/mol. The topological polar surface area (TPSA) is 68.9 Å². The zero-order valence-electron chi connectivity index (χ0n) is 7.92. The summed E-state index contributed by atoms with van der Waals surface area (Å²) in [7, 11) is 0. The summed E-state index contributed by atoms with van der Waals surface area (Å²) in [5.41, 5.74) is 0.305. The first-order chi connectivity index (χ1) is 6.75. The van der Waals surface area contributed by atoms with Gasteiger partial charge in [0.2, 0.25) is 5.88 Å². The Labute approximate surface area is 81.7 Å². The minimum Gasteiger partial charge on any atom is -0.493 e. The van der Waals surface area contributed by atoms with Crippen LogP contribution in [0, 0.1) is 5.92 Å². The van der Waals surface area contributed by atoms with Crippen molar-refractivity contribution >= 4 is 0 Å². The maximum Gasteiger partial charge on any atom is 0.325 e. The second-order valence-corrected chi connectivity index (χ2v) is 3.76. The molecule has 1 aromatic rings. The quantitative estimate of drug-likeness (QED) is 0.621. The summed E-state index contributed by atoms with van der Waals surface area (Å²) in [4.78, 5) is 15.8. The average Bonchev–Trinajstić information content (AvgIpc) is 2.47. The third-order valence-corrected chi connectivity index (χ3v) is 2.65. The largest absolute Gasteiger partial charge is 0.493 e. The number of aromatic hydroxyl groups is 1. The van der Waals surface area contributed by atoms with Crippen LogP contribution >= 0.6 is 0 Å². The van der Waals surface area contributed by atoms with Crippen LogP contribution in [0.2, 0.25) is 0 Å². The van der Waals surface area contributed by atoms with Crippen molar-refractivity contribution < 1.29 is 5.11 Å². The molecule has 0 bridgehead atoms. The van der Waals surface area contributed by atoms with E-state index in [0.717, 1.165) is 25.7 Å². The fourth-order valence-corrected chi connectivity index (χ4v) is 1.89. The monoisotopic (exact) mass is 194 g/mol. The van der Waals surface area contributed by atoms with Gasteiger partial charge in [-0.2, -0.15) is 0 Å². The zero-order chi connectivity index (χ0) is 9.97. The molecule has 4 nitrogen and oxygen atoms in total. The lowest BCUT2D eigenvalue weighted by Crippen LogP contribution is -2.08. The number of imidazole rings is 1. The van der Waals surface area contributed by atoms with Crippen molar-refractivity contribution in [2.45, 2.75) is 25.7 Å². The van der Waals surface area contributed by atoms with Crippen molar-refractivity contribution in [2.75, 3.05) is 0 Å². The number of aromatic nitrogens is 2. The van der Waals surface area contributed by atoms with Crippen molar-refractivity contribution in [2.24, 2.45) is 5.92 Å². The van der Waals surface area contributed by atoms with Gasteiger partial charge in [0.1, 0.15) is 0 Å². The number of nitrogens with one attached hydrogen (secondary N) is 2. The van der Waals surface area contributed by atoms with E-state index in [1.54, 1.807) is 0 Å². The molecule has 0 aromatic carbocycles. The highest BCUT2D eigenvalue weighted by Gasteiger charge is 2.14. The van der Waals surface area contributed by atoms with Gasteiger partial charge in [0.05, 0.1) is 5.69 Å². The molecule has 0 saturated carbocycles. The molecule has 1 unspecified atom stereocenters. The van der Waals surface area contributed by atoms with Gasteiger partial charge in [0, 0.05) is 0 Å². The van der Waals surface area contributed by atoms with Crippen molar-refractivity contribution in [3.63, 3.8) is 0 Å². The predicted molar refractivity (Wildman–Crippen MR) is 53.3 cm³/mol. The van der Waals surface area contributed by atoms with Crippen LogP contribution in [0.3, 0.4) is 0 Å². The summed E-state index contributed by atoms with van der Waals surface area (Å²) in [6, 6.07) is 0. The number of aromatic amines is 2. The highest BCUT2D eigenvalue weighted by atomic mass is 16.3. The van der Waals surface area contributed by atoms with Crippen LogP contribution in [-0.2, 0) is 6.42 Å². The summed E-state index contributed by atoms with van der Waals surface area (Å²) >= 11 is 0. The first-order valence-corrected chi connectivity index (χ1v) is 4.91. The number of H-pyrrole nitrogens is 2. The zero-order valence-corrected chi connectivity index (χ0v) is 7.92. The fourth-order valence-electron chi connectivity index (χ4n) is 1.89. The lowest BCUT2D eigenvalue weighted by atomic mass is 9.90. The van der Waals surface area contributed by atoms with Gasteiger partial charge in [-0.25, -0.2) is 4.79 Å². The fraction of sp³-hybridized carbons (Fsp3) is 0.500. The average molecular weight is 194 g/mol. The minimum absolute atomic E-state index is 0.00967. The minimum atomic E-state index is -0.330. The van der Waals surface area contributed by atoms with E-state index in [1.165, 1.54) is 0 Å². The van der Waals surface area contributed by atoms with Gasteiger partial charge in [-0.3, -0.25) is 4.98 Å². The van der Waals surface area contributed by atoms with Gasteiger partial charge in [-0.15, -0.1) is 0 Å². The molecule has 0 saturated heterocycles. The van der Waals surface area contributed by atoms with Crippen molar-refractivity contribution in [3.8, 4) is 5.88 Å². The first kappa shape index (κ1) is 9.12. The van der Waals surface area contributed by atoms with Crippen LogP contribution in [-0.4, -0.2) is 15.1 Å². The lowest BCUT2D eigenvalue weighted by molar-refractivity contribution is 0.426. The Morgan fingerprint density at radius 2 is 2.29 bits per heavy atom. The third kappa shape index (κ3) is 1.89. The Kier molecular flexibility index (Phi) is 2.43. The molecule has 0 amide bonds. The number of allylic oxidation sites excluding steroid dienone is 2. The third-order valence-electron chi connectivity index (χ3n) is 2.65. The van der Waals surface area contributed by atoms with Crippen molar-refractivity contribution in [1.29, 1.82) is 0 Å². The first-order valence-electron chi connectivity index (χ1n) is 4.91. The molecule has 1 aliphatic rings. The molecule has 0 radical (unpaired) electrons. The Bertz CT molecular complexity index is 389. The molecule has 0 fully saturated rings. The van der Waals surface area contributed by atoms with Gasteiger partial charge in [-0.1, -0.05) is 12.2 Å². The molecule has 1 aliphatic carbocycles. The molecule has 2 rings (SSSR count). The number of hydrogen-bond acceptors (Lipinski definition) is 2. The van der Waals surface area contributed by atoms with E-state index in [0.29, 0.717) is 11.6 Å². The van der Waals surface area contributed by atoms with E-state index in [4.69, 9.17) is 0 Å². The summed E-state index contributed by atoms with van der Waals surface area (Å²) in [6.45, 7) is 0. The summed E-state index contributed by atoms with van der Waals surface area (Å²) in [5.74, 6) is 0.530. The van der Waals surface area contributed by atoms with Gasteiger partial charge in [-0.05, 0) is 31.6 Å². The predicted octanol–water partition coefficient (Wildman–Crippen LogP) is 1.31. The van der Waals surface area contributed by atoms with Gasteiger partial charge in [0.25, 0.3) is 0 Å². The van der Waals surface area contributed by atoms with Gasteiger partial charge >= 0.3 is 5.69 Å². The SMILES string of the molecule is O=c1[nH]c(O)c(CC2CC=CCC2)[nH]1. The van der Waals surface area contributed by atoms with Crippen molar-refractivity contribution in [1.82, 2.24) is 9.97 Å². The van der Waals surface area contributed by atoms with Crippen LogP contribution in [0.15, 0.2) is 16.9 Å². The highest BCUT2D eigenvalue weighted by Crippen LogP contribution is 2.23. The van der Waals surface area contributed by atoms with Gasteiger partial charge < -0.3 is 10.1 Å². The molecule has 4 heteroatoms. The molecule has 3 N–H and O–H groups in total. The second kappa shape index (κ2) is 3.74.